The van der Waals surface area contributed by atoms with E-state index in [0.29, 0.717) is 6.61 Å². The molecule has 0 aromatic heterocycles. The third-order valence-electron chi connectivity index (χ3n) is 2.53. The lowest BCUT2D eigenvalue weighted by Crippen LogP contribution is -2.59. The van der Waals surface area contributed by atoms with Crippen LogP contribution in [0.5, 0.6) is 0 Å². The summed E-state index contributed by atoms with van der Waals surface area (Å²) in [6.07, 6.45) is -3.34. The molecule has 1 amide bonds. The summed E-state index contributed by atoms with van der Waals surface area (Å²) in [5.74, 6) is 0. The maximum Gasteiger partial charge on any atom is 0.410 e. The van der Waals surface area contributed by atoms with Crippen LogP contribution >= 0.6 is 0 Å². The number of nitrogens with zero attached hydrogens (tertiary/aromatic N) is 1. The monoisotopic (exact) mass is 266 g/mol. The number of alkyl halides is 2. The topological polar surface area (TPSA) is 64.8 Å². The number of carbonyl (C=O) groups is 1. The Balaban J connectivity index is 2.73. The van der Waals surface area contributed by atoms with Crippen molar-refractivity contribution in [2.75, 3.05) is 19.8 Å². The Morgan fingerprint density at radius 2 is 2.11 bits per heavy atom. The van der Waals surface area contributed by atoms with Gasteiger partial charge in [0.1, 0.15) is 5.60 Å². The molecular weight excluding hydrogens is 246 g/mol. The highest BCUT2D eigenvalue weighted by Gasteiger charge is 2.38. The summed E-state index contributed by atoms with van der Waals surface area (Å²) in [6.45, 7) is 5.66. The predicted octanol–water partition coefficient (Wildman–Crippen LogP) is 1.21. The van der Waals surface area contributed by atoms with E-state index in [1.165, 1.54) is 4.90 Å². The summed E-state index contributed by atoms with van der Waals surface area (Å²) < 4.78 is 35.5. The lowest BCUT2D eigenvalue weighted by molar-refractivity contribution is -0.0535. The number of morpholine rings is 1. The van der Waals surface area contributed by atoms with Crippen molar-refractivity contribution in [3.05, 3.63) is 0 Å². The molecule has 0 radical (unpaired) electrons. The van der Waals surface area contributed by atoms with E-state index in [-0.39, 0.29) is 13.2 Å². The number of carbonyl (C=O) groups excluding carboxylic acids is 1. The standard InChI is InChI=1S/C11H20F2N2O3/c1-11(2,3)18-10(16)15-4-5-17-6-7(15)8(14)9(12)13/h7-9H,4-6,14H2,1-3H3. The fraction of sp³-hybridized carbons (Fsp3) is 0.909. The average Bonchev–Trinajstić information content (AvgIpc) is 2.25. The van der Waals surface area contributed by atoms with Crippen LogP contribution in [0.3, 0.4) is 0 Å². The van der Waals surface area contributed by atoms with Crippen LogP contribution in [0.25, 0.3) is 0 Å². The Bertz CT molecular complexity index is 295. The van der Waals surface area contributed by atoms with Crippen molar-refractivity contribution in [3.63, 3.8) is 0 Å². The van der Waals surface area contributed by atoms with Gasteiger partial charge in [0.2, 0.25) is 0 Å². The van der Waals surface area contributed by atoms with Crippen molar-refractivity contribution in [2.45, 2.75) is 44.9 Å². The van der Waals surface area contributed by atoms with Gasteiger partial charge in [-0.05, 0) is 20.8 Å². The molecule has 1 saturated heterocycles. The summed E-state index contributed by atoms with van der Waals surface area (Å²) in [7, 11) is 0. The fourth-order valence-corrected chi connectivity index (χ4v) is 1.66. The van der Waals surface area contributed by atoms with Gasteiger partial charge in [0.25, 0.3) is 6.43 Å². The molecule has 0 bridgehead atoms. The van der Waals surface area contributed by atoms with Gasteiger partial charge in [-0.2, -0.15) is 0 Å². The summed E-state index contributed by atoms with van der Waals surface area (Å²) in [6, 6.07) is -2.29. The maximum absolute atomic E-state index is 12.6. The van der Waals surface area contributed by atoms with Gasteiger partial charge in [-0.1, -0.05) is 0 Å². The first-order chi connectivity index (χ1) is 8.22. The predicted molar refractivity (Wildman–Crippen MR) is 61.5 cm³/mol. The first-order valence-corrected chi connectivity index (χ1v) is 5.83. The van der Waals surface area contributed by atoms with E-state index >= 15 is 0 Å². The minimum absolute atomic E-state index is 0.00471. The summed E-state index contributed by atoms with van der Waals surface area (Å²) in [5.41, 5.74) is 4.73. The van der Waals surface area contributed by atoms with Crippen molar-refractivity contribution >= 4 is 6.09 Å². The van der Waals surface area contributed by atoms with Gasteiger partial charge in [-0.25, -0.2) is 13.6 Å². The van der Waals surface area contributed by atoms with Crippen LogP contribution in [-0.2, 0) is 9.47 Å². The van der Waals surface area contributed by atoms with E-state index in [1.807, 2.05) is 0 Å². The second-order valence-electron chi connectivity index (χ2n) is 5.23. The largest absolute Gasteiger partial charge is 0.444 e. The number of nitrogens with two attached hydrogens (primary N) is 1. The van der Waals surface area contributed by atoms with Gasteiger partial charge >= 0.3 is 6.09 Å². The lowest BCUT2D eigenvalue weighted by Gasteiger charge is -2.38. The van der Waals surface area contributed by atoms with Crippen LogP contribution < -0.4 is 5.73 Å². The Labute approximate surface area is 105 Å². The van der Waals surface area contributed by atoms with Gasteiger partial charge in [-0.3, -0.25) is 4.90 Å². The van der Waals surface area contributed by atoms with Crippen molar-refractivity contribution in [2.24, 2.45) is 5.73 Å². The first kappa shape index (κ1) is 15.1. The molecule has 1 aliphatic rings. The minimum atomic E-state index is -2.71. The van der Waals surface area contributed by atoms with Gasteiger partial charge in [0.15, 0.2) is 0 Å². The second kappa shape index (κ2) is 5.79. The third-order valence-corrected chi connectivity index (χ3v) is 2.53. The Morgan fingerprint density at radius 3 is 2.61 bits per heavy atom. The number of amides is 1. The van der Waals surface area contributed by atoms with Crippen molar-refractivity contribution in [3.8, 4) is 0 Å². The Morgan fingerprint density at radius 1 is 1.50 bits per heavy atom. The Kier molecular flexibility index (Phi) is 4.86. The molecule has 1 fully saturated rings. The number of rotatable bonds is 2. The molecule has 5 nitrogen and oxygen atoms in total. The van der Waals surface area contributed by atoms with Crippen LogP contribution in [0, 0.1) is 0 Å². The third kappa shape index (κ3) is 4.06. The van der Waals surface area contributed by atoms with Gasteiger partial charge in [0.05, 0.1) is 25.3 Å². The molecule has 18 heavy (non-hydrogen) atoms. The first-order valence-electron chi connectivity index (χ1n) is 5.83. The highest BCUT2D eigenvalue weighted by atomic mass is 19.3. The highest BCUT2D eigenvalue weighted by molar-refractivity contribution is 5.68. The zero-order valence-electron chi connectivity index (χ0n) is 10.9. The normalized spacial score (nSPS) is 23.1. The van der Waals surface area contributed by atoms with E-state index in [9.17, 15) is 13.6 Å². The van der Waals surface area contributed by atoms with Crippen LogP contribution in [0.4, 0.5) is 13.6 Å². The highest BCUT2D eigenvalue weighted by Crippen LogP contribution is 2.18. The fourth-order valence-electron chi connectivity index (χ4n) is 1.66. The molecule has 0 aliphatic carbocycles. The molecule has 1 rings (SSSR count). The van der Waals surface area contributed by atoms with Crippen molar-refractivity contribution in [1.82, 2.24) is 4.90 Å². The summed E-state index contributed by atoms with van der Waals surface area (Å²) in [5, 5.41) is 0. The molecule has 1 heterocycles. The molecule has 0 saturated carbocycles. The molecule has 2 unspecified atom stereocenters. The van der Waals surface area contributed by atoms with E-state index < -0.39 is 30.2 Å². The smallest absolute Gasteiger partial charge is 0.410 e. The van der Waals surface area contributed by atoms with E-state index in [0.717, 1.165) is 0 Å². The number of hydrogen-bond donors (Lipinski definition) is 1. The SMILES string of the molecule is CC(C)(C)OC(=O)N1CCOCC1C(N)C(F)F. The van der Waals surface area contributed by atoms with Crippen LogP contribution in [0.15, 0.2) is 0 Å². The summed E-state index contributed by atoms with van der Waals surface area (Å²) in [4.78, 5) is 13.1. The van der Waals surface area contributed by atoms with E-state index in [2.05, 4.69) is 0 Å². The number of hydrogen-bond acceptors (Lipinski definition) is 4. The Hall–Kier alpha value is -0.950. The number of ether oxygens (including phenoxy) is 2. The van der Waals surface area contributed by atoms with E-state index in [4.69, 9.17) is 15.2 Å². The van der Waals surface area contributed by atoms with E-state index in [1.54, 1.807) is 20.8 Å². The van der Waals surface area contributed by atoms with Crippen LogP contribution in [-0.4, -0.2) is 54.9 Å². The molecule has 106 valence electrons. The number of halogens is 2. The van der Waals surface area contributed by atoms with Gasteiger partial charge < -0.3 is 15.2 Å². The zero-order chi connectivity index (χ0) is 13.9. The molecule has 0 aromatic rings. The maximum atomic E-state index is 12.6. The zero-order valence-corrected chi connectivity index (χ0v) is 10.9. The quantitative estimate of drug-likeness (QED) is 0.816. The second-order valence-corrected chi connectivity index (χ2v) is 5.23. The molecule has 1 aliphatic heterocycles. The molecule has 0 spiro atoms. The van der Waals surface area contributed by atoms with Crippen LogP contribution in [0.1, 0.15) is 20.8 Å². The lowest BCUT2D eigenvalue weighted by atomic mass is 10.1. The van der Waals surface area contributed by atoms with Gasteiger partial charge in [0, 0.05) is 6.54 Å². The minimum Gasteiger partial charge on any atom is -0.444 e. The molecule has 0 aromatic carbocycles. The molecule has 2 N–H and O–H groups in total. The van der Waals surface area contributed by atoms with Crippen molar-refractivity contribution in [1.29, 1.82) is 0 Å². The van der Waals surface area contributed by atoms with Crippen LogP contribution in [0.2, 0.25) is 0 Å². The average molecular weight is 266 g/mol. The van der Waals surface area contributed by atoms with Crippen molar-refractivity contribution < 1.29 is 23.0 Å². The van der Waals surface area contributed by atoms with Gasteiger partial charge in [-0.15, -0.1) is 0 Å². The molecule has 7 heteroatoms. The molecular formula is C11H20F2N2O3. The molecule has 2 atom stereocenters. The summed E-state index contributed by atoms with van der Waals surface area (Å²) >= 11 is 0.